The van der Waals surface area contributed by atoms with E-state index >= 15 is 0 Å². The van der Waals surface area contributed by atoms with Crippen LogP contribution in [-0.2, 0) is 0 Å². The van der Waals surface area contributed by atoms with E-state index < -0.39 is 11.6 Å². The molecule has 0 aliphatic heterocycles. The minimum atomic E-state index is -0.675. The van der Waals surface area contributed by atoms with Crippen molar-refractivity contribution in [3.8, 4) is 0 Å². The number of nitrogens with one attached hydrogen (secondary N) is 1. The lowest BCUT2D eigenvalue weighted by Gasteiger charge is -2.05. The number of allylic oxidation sites excluding steroid dienone is 1. The van der Waals surface area contributed by atoms with Crippen LogP contribution in [0.2, 0.25) is 0 Å². The summed E-state index contributed by atoms with van der Waals surface area (Å²) in [5.41, 5.74) is 1.97. The summed E-state index contributed by atoms with van der Waals surface area (Å²) in [7, 11) is 0. The smallest absolute Gasteiger partial charge is 0.187 e. The zero-order valence-corrected chi connectivity index (χ0v) is 12.4. The van der Waals surface area contributed by atoms with E-state index in [0.29, 0.717) is 11.5 Å². The van der Waals surface area contributed by atoms with Crippen LogP contribution in [0.3, 0.4) is 0 Å². The number of hydrogen-bond donors (Lipinski definition) is 1. The Hall–Kier alpha value is -2.49. The molecule has 0 saturated heterocycles. The lowest BCUT2D eigenvalue weighted by Crippen LogP contribution is -1.97. The Labute approximate surface area is 128 Å². The van der Waals surface area contributed by atoms with E-state index in [2.05, 4.69) is 19.2 Å². The maximum absolute atomic E-state index is 13.0. The zero-order chi connectivity index (χ0) is 16.1. The second-order valence-corrected chi connectivity index (χ2v) is 5.28. The van der Waals surface area contributed by atoms with Crippen LogP contribution >= 0.6 is 0 Å². The highest BCUT2D eigenvalue weighted by Gasteiger charge is 2.04. The van der Waals surface area contributed by atoms with E-state index in [4.69, 9.17) is 0 Å². The quantitative estimate of drug-likeness (QED) is 0.629. The van der Waals surface area contributed by atoms with Gasteiger partial charge in [-0.1, -0.05) is 38.1 Å². The summed E-state index contributed by atoms with van der Waals surface area (Å²) in [5, 5.41) is 2.68. The highest BCUT2D eigenvalue weighted by Crippen LogP contribution is 2.15. The van der Waals surface area contributed by atoms with Crippen molar-refractivity contribution < 1.29 is 13.6 Å². The highest BCUT2D eigenvalue weighted by molar-refractivity contribution is 6.04. The number of anilines is 1. The van der Waals surface area contributed by atoms with Gasteiger partial charge in [0.2, 0.25) is 0 Å². The normalized spacial score (nSPS) is 11.1. The van der Waals surface area contributed by atoms with Gasteiger partial charge in [0.25, 0.3) is 0 Å². The Morgan fingerprint density at radius 3 is 2.18 bits per heavy atom. The van der Waals surface area contributed by atoms with Gasteiger partial charge in [-0.2, -0.15) is 0 Å². The van der Waals surface area contributed by atoms with Crippen LogP contribution in [0.15, 0.2) is 54.7 Å². The summed E-state index contributed by atoms with van der Waals surface area (Å²) in [6.45, 7) is 4.16. The first kappa shape index (κ1) is 15.9. The van der Waals surface area contributed by atoms with Gasteiger partial charge in [0, 0.05) is 29.6 Å². The van der Waals surface area contributed by atoms with Crippen molar-refractivity contribution in [1.29, 1.82) is 0 Å². The summed E-state index contributed by atoms with van der Waals surface area (Å²) >= 11 is 0. The number of ketones is 1. The van der Waals surface area contributed by atoms with Crippen LogP contribution in [0.5, 0.6) is 0 Å². The van der Waals surface area contributed by atoms with Crippen LogP contribution in [0.25, 0.3) is 0 Å². The molecule has 22 heavy (non-hydrogen) atoms. The van der Waals surface area contributed by atoms with E-state index in [1.54, 1.807) is 12.1 Å². The van der Waals surface area contributed by atoms with Gasteiger partial charge in [0.1, 0.15) is 11.6 Å². The molecule has 2 aromatic rings. The molecule has 2 nitrogen and oxygen atoms in total. The topological polar surface area (TPSA) is 29.1 Å². The predicted octanol–water partition coefficient (Wildman–Crippen LogP) is 4.90. The second kappa shape index (κ2) is 6.98. The zero-order valence-electron chi connectivity index (χ0n) is 12.4. The third-order valence-electron chi connectivity index (χ3n) is 3.21. The Kier molecular flexibility index (Phi) is 5.04. The third kappa shape index (κ3) is 4.25. The SMILES string of the molecule is CC(C)c1ccc(C(=O)/C=C/Nc2cc(F)cc(F)c2)cc1. The fourth-order valence-electron chi connectivity index (χ4n) is 1.98. The fourth-order valence-corrected chi connectivity index (χ4v) is 1.98. The molecule has 2 rings (SSSR count). The number of carbonyl (C=O) groups is 1. The van der Waals surface area contributed by atoms with Crippen molar-refractivity contribution in [3.05, 3.63) is 77.5 Å². The maximum Gasteiger partial charge on any atom is 0.187 e. The molecule has 0 aliphatic carbocycles. The molecule has 0 fully saturated rings. The van der Waals surface area contributed by atoms with E-state index in [-0.39, 0.29) is 11.5 Å². The minimum absolute atomic E-state index is 0.181. The molecular weight excluding hydrogens is 284 g/mol. The van der Waals surface area contributed by atoms with Gasteiger partial charge in [0.15, 0.2) is 5.78 Å². The van der Waals surface area contributed by atoms with E-state index in [9.17, 15) is 13.6 Å². The first-order chi connectivity index (χ1) is 10.5. The standard InChI is InChI=1S/C18H17F2NO/c1-12(2)13-3-5-14(6-4-13)18(22)7-8-21-17-10-15(19)9-16(20)11-17/h3-12,21H,1-2H3/b8-7+. The van der Waals surface area contributed by atoms with E-state index in [0.717, 1.165) is 23.8 Å². The summed E-state index contributed by atoms with van der Waals surface area (Å²) in [6, 6.07) is 10.5. The minimum Gasteiger partial charge on any atom is -0.361 e. The molecule has 0 unspecified atom stereocenters. The van der Waals surface area contributed by atoms with Crippen LogP contribution in [0.1, 0.15) is 35.7 Å². The Morgan fingerprint density at radius 2 is 1.64 bits per heavy atom. The van der Waals surface area contributed by atoms with Crippen LogP contribution in [-0.4, -0.2) is 5.78 Å². The fraction of sp³-hybridized carbons (Fsp3) is 0.167. The second-order valence-electron chi connectivity index (χ2n) is 5.28. The van der Waals surface area contributed by atoms with Gasteiger partial charge in [-0.25, -0.2) is 8.78 Å². The Bertz CT molecular complexity index is 670. The number of hydrogen-bond acceptors (Lipinski definition) is 2. The molecule has 2 aromatic carbocycles. The molecular formula is C18H17F2NO. The summed E-state index contributed by atoms with van der Waals surface area (Å²) in [4.78, 5) is 12.0. The molecule has 0 aromatic heterocycles. The average Bonchev–Trinajstić information content (AvgIpc) is 2.46. The molecule has 0 radical (unpaired) electrons. The van der Waals surface area contributed by atoms with Gasteiger partial charge in [0.05, 0.1) is 0 Å². The van der Waals surface area contributed by atoms with Gasteiger partial charge >= 0.3 is 0 Å². The van der Waals surface area contributed by atoms with Gasteiger partial charge in [-0.15, -0.1) is 0 Å². The van der Waals surface area contributed by atoms with Gasteiger partial charge in [-0.05, 0) is 23.6 Å². The molecule has 0 heterocycles. The number of benzene rings is 2. The van der Waals surface area contributed by atoms with Crippen molar-refractivity contribution in [2.75, 3.05) is 5.32 Å². The lowest BCUT2D eigenvalue weighted by molar-refractivity contribution is 0.104. The van der Waals surface area contributed by atoms with E-state index in [1.165, 1.54) is 12.3 Å². The molecule has 0 aliphatic rings. The van der Waals surface area contributed by atoms with Crippen LogP contribution in [0.4, 0.5) is 14.5 Å². The first-order valence-corrected chi connectivity index (χ1v) is 6.99. The summed E-state index contributed by atoms with van der Waals surface area (Å²) in [5.74, 6) is -1.12. The molecule has 1 N–H and O–H groups in total. The van der Waals surface area contributed by atoms with Crippen molar-refractivity contribution in [1.82, 2.24) is 0 Å². The predicted molar refractivity (Wildman–Crippen MR) is 84.0 cm³/mol. The Morgan fingerprint density at radius 1 is 1.05 bits per heavy atom. The monoisotopic (exact) mass is 301 g/mol. The Balaban J connectivity index is 2.01. The van der Waals surface area contributed by atoms with E-state index in [1.807, 2.05) is 12.1 Å². The number of rotatable bonds is 5. The lowest BCUT2D eigenvalue weighted by atomic mass is 10.0. The van der Waals surface area contributed by atoms with Gasteiger partial charge in [-0.3, -0.25) is 4.79 Å². The molecule has 4 heteroatoms. The van der Waals surface area contributed by atoms with Crippen LogP contribution < -0.4 is 5.32 Å². The van der Waals surface area contributed by atoms with Crippen molar-refractivity contribution in [2.24, 2.45) is 0 Å². The number of halogens is 2. The molecule has 0 bridgehead atoms. The van der Waals surface area contributed by atoms with Crippen LogP contribution in [0, 0.1) is 11.6 Å². The molecule has 0 saturated carbocycles. The first-order valence-electron chi connectivity index (χ1n) is 6.99. The average molecular weight is 301 g/mol. The van der Waals surface area contributed by atoms with Gasteiger partial charge < -0.3 is 5.32 Å². The van der Waals surface area contributed by atoms with Crippen molar-refractivity contribution in [3.63, 3.8) is 0 Å². The maximum atomic E-state index is 13.0. The molecule has 114 valence electrons. The van der Waals surface area contributed by atoms with Crippen molar-refractivity contribution in [2.45, 2.75) is 19.8 Å². The highest BCUT2D eigenvalue weighted by atomic mass is 19.1. The molecule has 0 amide bonds. The van der Waals surface area contributed by atoms with Crippen molar-refractivity contribution >= 4 is 11.5 Å². The summed E-state index contributed by atoms with van der Waals surface area (Å²) < 4.78 is 26.0. The third-order valence-corrected chi connectivity index (χ3v) is 3.21. The number of carbonyl (C=O) groups excluding carboxylic acids is 1. The molecule has 0 atom stereocenters. The summed E-state index contributed by atoms with van der Waals surface area (Å²) in [6.07, 6.45) is 2.69. The largest absolute Gasteiger partial charge is 0.361 e. The molecule has 0 spiro atoms.